The van der Waals surface area contributed by atoms with Crippen LogP contribution in [0, 0.1) is 13.8 Å². The topological polar surface area (TPSA) is 25.2 Å². The number of hydrogen-bond acceptors (Lipinski definition) is 3. The number of rotatable bonds is 5. The van der Waals surface area contributed by atoms with Crippen molar-refractivity contribution in [3.05, 3.63) is 156 Å². The van der Waals surface area contributed by atoms with E-state index in [4.69, 9.17) is 9.98 Å². The summed E-state index contributed by atoms with van der Waals surface area (Å²) in [6.45, 7) is 11.2. The molecule has 1 aromatic heterocycles. The standard InChI is InChI=1S/C46H38N2S/c1-29-18-19-30(2)40(24-29)31-20-22-32(23-21-31)41-26-35(46(3,4)5)27-43-44(41)48-45(49-43)39-16-10-11-17-42(39)47-28-34-25-33-12-6-7-13-36(33)38-15-9-8-14-37(34)38/h6-28H,1-5H3. The Morgan fingerprint density at radius 1 is 0.612 bits per heavy atom. The molecule has 0 aliphatic carbocycles. The fourth-order valence-corrected chi connectivity index (χ4v) is 7.84. The first kappa shape index (κ1) is 30.9. The Hall–Kier alpha value is -5.38. The van der Waals surface area contributed by atoms with Gasteiger partial charge in [-0.2, -0.15) is 0 Å². The number of fused-ring (bicyclic) bond motifs is 4. The number of para-hydroxylation sites is 1. The molecule has 0 aliphatic heterocycles. The maximum Gasteiger partial charge on any atom is 0.126 e. The second-order valence-electron chi connectivity index (χ2n) is 14.0. The van der Waals surface area contributed by atoms with Crippen molar-refractivity contribution in [3.63, 3.8) is 0 Å². The molecule has 0 atom stereocenters. The van der Waals surface area contributed by atoms with E-state index in [1.54, 1.807) is 11.3 Å². The molecular formula is C46H38N2S. The van der Waals surface area contributed by atoms with Gasteiger partial charge in [-0.1, -0.05) is 129 Å². The largest absolute Gasteiger partial charge is 0.256 e. The minimum atomic E-state index is -0.00343. The maximum absolute atomic E-state index is 5.34. The molecular weight excluding hydrogens is 613 g/mol. The van der Waals surface area contributed by atoms with Crippen LogP contribution in [0.5, 0.6) is 0 Å². The van der Waals surface area contributed by atoms with E-state index in [0.717, 1.165) is 27.3 Å². The van der Waals surface area contributed by atoms with Crippen LogP contribution >= 0.6 is 11.3 Å². The van der Waals surface area contributed by atoms with Crippen molar-refractivity contribution in [2.75, 3.05) is 0 Å². The molecule has 8 aromatic rings. The van der Waals surface area contributed by atoms with E-state index < -0.39 is 0 Å². The number of aromatic nitrogens is 1. The number of benzene rings is 7. The Morgan fingerprint density at radius 2 is 1.29 bits per heavy atom. The van der Waals surface area contributed by atoms with E-state index in [2.05, 4.69) is 168 Å². The van der Waals surface area contributed by atoms with Gasteiger partial charge < -0.3 is 0 Å². The first-order chi connectivity index (χ1) is 23.7. The Morgan fingerprint density at radius 3 is 2.06 bits per heavy atom. The van der Waals surface area contributed by atoms with Crippen molar-refractivity contribution in [2.45, 2.75) is 40.0 Å². The zero-order chi connectivity index (χ0) is 33.7. The van der Waals surface area contributed by atoms with E-state index in [-0.39, 0.29) is 5.41 Å². The van der Waals surface area contributed by atoms with Crippen molar-refractivity contribution in [3.8, 4) is 32.8 Å². The summed E-state index contributed by atoms with van der Waals surface area (Å²) in [6.07, 6.45) is 2.02. The van der Waals surface area contributed by atoms with Gasteiger partial charge in [-0.3, -0.25) is 4.99 Å². The predicted octanol–water partition coefficient (Wildman–Crippen LogP) is 13.3. The highest BCUT2D eigenvalue weighted by molar-refractivity contribution is 7.21. The van der Waals surface area contributed by atoms with Gasteiger partial charge in [0.05, 0.1) is 15.9 Å². The highest BCUT2D eigenvalue weighted by atomic mass is 32.1. The minimum Gasteiger partial charge on any atom is -0.256 e. The molecule has 0 N–H and O–H groups in total. The van der Waals surface area contributed by atoms with Crippen LogP contribution in [0.2, 0.25) is 0 Å². The molecule has 0 amide bonds. The van der Waals surface area contributed by atoms with Crippen LogP contribution in [0.3, 0.4) is 0 Å². The second kappa shape index (κ2) is 12.3. The fraction of sp³-hybridized carbons (Fsp3) is 0.130. The van der Waals surface area contributed by atoms with Crippen LogP contribution in [0.4, 0.5) is 5.69 Å². The Kier molecular flexibility index (Phi) is 7.73. The first-order valence-corrected chi connectivity index (χ1v) is 17.7. The monoisotopic (exact) mass is 650 g/mol. The molecule has 0 unspecified atom stereocenters. The number of thiazole rings is 1. The SMILES string of the molecule is Cc1ccc(C)c(-c2ccc(-c3cc(C(C)(C)C)cc4sc(-c5ccccc5N=Cc5cc6ccccc6c6ccccc56)nc34)cc2)c1. The van der Waals surface area contributed by atoms with Crippen molar-refractivity contribution in [1.29, 1.82) is 0 Å². The summed E-state index contributed by atoms with van der Waals surface area (Å²) in [5.74, 6) is 0. The van der Waals surface area contributed by atoms with Crippen LogP contribution in [0.1, 0.15) is 43.0 Å². The van der Waals surface area contributed by atoms with Gasteiger partial charge in [0.15, 0.2) is 0 Å². The third-order valence-electron chi connectivity index (χ3n) is 9.54. The Bertz CT molecular complexity index is 2550. The van der Waals surface area contributed by atoms with Crippen LogP contribution in [-0.2, 0) is 5.41 Å². The van der Waals surface area contributed by atoms with Gasteiger partial charge in [-0.25, -0.2) is 4.98 Å². The lowest BCUT2D eigenvalue weighted by atomic mass is 9.85. The van der Waals surface area contributed by atoms with Crippen LogP contribution in [-0.4, -0.2) is 11.2 Å². The molecule has 0 aliphatic rings. The third kappa shape index (κ3) is 5.85. The summed E-state index contributed by atoms with van der Waals surface area (Å²) in [7, 11) is 0. The smallest absolute Gasteiger partial charge is 0.126 e. The van der Waals surface area contributed by atoms with E-state index in [0.29, 0.717) is 0 Å². The lowest BCUT2D eigenvalue weighted by Gasteiger charge is -2.20. The fourth-order valence-electron chi connectivity index (χ4n) is 6.77. The minimum absolute atomic E-state index is 0.00343. The summed E-state index contributed by atoms with van der Waals surface area (Å²) >= 11 is 1.75. The molecule has 8 rings (SSSR count). The van der Waals surface area contributed by atoms with Gasteiger partial charge in [0, 0.05) is 22.9 Å². The molecule has 3 heteroatoms. The normalized spacial score (nSPS) is 12.1. The van der Waals surface area contributed by atoms with Crippen molar-refractivity contribution < 1.29 is 0 Å². The highest BCUT2D eigenvalue weighted by Gasteiger charge is 2.20. The molecule has 0 radical (unpaired) electrons. The number of aliphatic imine (C=N–C) groups is 1. The number of aryl methyl sites for hydroxylation is 2. The van der Waals surface area contributed by atoms with Crippen molar-refractivity contribution in [2.24, 2.45) is 4.99 Å². The van der Waals surface area contributed by atoms with Crippen LogP contribution in [0.15, 0.2) is 138 Å². The third-order valence-corrected chi connectivity index (χ3v) is 10.6. The summed E-state index contributed by atoms with van der Waals surface area (Å²) in [6, 6.07) is 48.1. The lowest BCUT2D eigenvalue weighted by molar-refractivity contribution is 0.591. The van der Waals surface area contributed by atoms with Gasteiger partial charge in [-0.15, -0.1) is 11.3 Å². The van der Waals surface area contributed by atoms with Crippen LogP contribution in [0.25, 0.3) is 64.6 Å². The average Bonchev–Trinajstić information content (AvgIpc) is 3.55. The van der Waals surface area contributed by atoms with E-state index >= 15 is 0 Å². The van der Waals surface area contributed by atoms with Gasteiger partial charge >= 0.3 is 0 Å². The number of hydrogen-bond donors (Lipinski definition) is 0. The summed E-state index contributed by atoms with van der Waals surface area (Å²) < 4.78 is 1.19. The summed E-state index contributed by atoms with van der Waals surface area (Å²) in [5.41, 5.74) is 12.8. The van der Waals surface area contributed by atoms with Gasteiger partial charge in [0.25, 0.3) is 0 Å². The molecule has 0 fully saturated rings. The molecule has 1 heterocycles. The van der Waals surface area contributed by atoms with E-state index in [1.165, 1.54) is 65.2 Å². The summed E-state index contributed by atoms with van der Waals surface area (Å²) in [5, 5.41) is 5.89. The van der Waals surface area contributed by atoms with E-state index in [1.807, 2.05) is 6.21 Å². The molecule has 238 valence electrons. The zero-order valence-electron chi connectivity index (χ0n) is 28.6. The van der Waals surface area contributed by atoms with Gasteiger partial charge in [0.1, 0.15) is 5.01 Å². The van der Waals surface area contributed by atoms with Crippen LogP contribution < -0.4 is 0 Å². The quantitative estimate of drug-likeness (QED) is 0.134. The first-order valence-electron chi connectivity index (χ1n) is 16.9. The zero-order valence-corrected chi connectivity index (χ0v) is 29.4. The average molecular weight is 651 g/mol. The molecule has 0 saturated heterocycles. The van der Waals surface area contributed by atoms with Gasteiger partial charge in [0.2, 0.25) is 0 Å². The predicted molar refractivity (Wildman–Crippen MR) is 213 cm³/mol. The molecule has 7 aromatic carbocycles. The van der Waals surface area contributed by atoms with Crippen molar-refractivity contribution in [1.82, 2.24) is 4.98 Å². The second-order valence-corrected chi connectivity index (χ2v) is 15.1. The molecule has 0 bridgehead atoms. The highest BCUT2D eigenvalue weighted by Crippen LogP contribution is 2.42. The number of nitrogens with zero attached hydrogens (tertiary/aromatic N) is 2. The Balaban J connectivity index is 1.23. The van der Waals surface area contributed by atoms with E-state index in [9.17, 15) is 0 Å². The lowest BCUT2D eigenvalue weighted by Crippen LogP contribution is -2.11. The Labute approximate surface area is 292 Å². The molecule has 49 heavy (non-hydrogen) atoms. The van der Waals surface area contributed by atoms with Gasteiger partial charge in [-0.05, 0) is 99.0 Å². The van der Waals surface area contributed by atoms with Crippen molar-refractivity contribution >= 4 is 55.0 Å². The maximum atomic E-state index is 5.34. The molecule has 0 spiro atoms. The molecule has 2 nitrogen and oxygen atoms in total. The summed E-state index contributed by atoms with van der Waals surface area (Å²) in [4.78, 5) is 10.5. The molecule has 0 saturated carbocycles.